The standard InChI is InChI=1S/C53H74FNO2/c1-35(2)40-21-29-53(55-32-24-41(37-13-14-37)38-15-16-38)31-30-50(6)43(46(40)53)17-18-45-49(5)25-22-42(48(3,4)44(49)23-26-51(45,50)7)39-19-27-52(34-54,28-20-39)47(56)57-33-36-11-9-8-10-12-36/h8-12,19,22,24,37-38,40,43-46,55H,1,13-18,20-21,23,25-34H2,2-7H3/t40-,43+,44-,45+,46+,49-,50+,51+,52-,53-/m0/s1. The third kappa shape index (κ3) is 6.36. The summed E-state index contributed by atoms with van der Waals surface area (Å²) in [5, 5.41) is 4.36. The zero-order valence-electron chi connectivity index (χ0n) is 36.5. The van der Waals surface area contributed by atoms with Crippen LogP contribution in [0.4, 0.5) is 4.39 Å². The van der Waals surface area contributed by atoms with Crippen molar-refractivity contribution in [2.75, 3.05) is 13.2 Å². The zero-order chi connectivity index (χ0) is 40.0. The van der Waals surface area contributed by atoms with E-state index in [0.29, 0.717) is 47.3 Å². The van der Waals surface area contributed by atoms with Crippen LogP contribution in [0.15, 0.2) is 77.4 Å². The lowest BCUT2D eigenvalue weighted by atomic mass is 9.33. The van der Waals surface area contributed by atoms with Gasteiger partial charge in [-0.2, -0.15) is 0 Å². The number of ether oxygens (including phenoxy) is 1. The summed E-state index contributed by atoms with van der Waals surface area (Å²) in [6.07, 6.45) is 26.6. The van der Waals surface area contributed by atoms with Crippen molar-refractivity contribution in [1.82, 2.24) is 5.32 Å². The van der Waals surface area contributed by atoms with E-state index in [4.69, 9.17) is 4.74 Å². The molecule has 1 N–H and O–H groups in total. The molecular weight excluding hydrogens is 702 g/mol. The van der Waals surface area contributed by atoms with Gasteiger partial charge in [-0.1, -0.05) is 101 Å². The van der Waals surface area contributed by atoms with Crippen molar-refractivity contribution in [2.24, 2.45) is 68.5 Å². The maximum atomic E-state index is 14.8. The van der Waals surface area contributed by atoms with Gasteiger partial charge in [0.15, 0.2) is 0 Å². The van der Waals surface area contributed by atoms with Gasteiger partial charge in [0.05, 0.1) is 5.41 Å². The Balaban J connectivity index is 0.941. The van der Waals surface area contributed by atoms with Crippen LogP contribution in [0.2, 0.25) is 0 Å². The van der Waals surface area contributed by atoms with Crippen molar-refractivity contribution >= 4 is 5.97 Å². The number of carbonyl (C=O) groups is 1. The van der Waals surface area contributed by atoms with Gasteiger partial charge < -0.3 is 10.1 Å². The topological polar surface area (TPSA) is 38.3 Å². The van der Waals surface area contributed by atoms with Gasteiger partial charge in [-0.3, -0.25) is 4.79 Å². The average molecular weight is 776 g/mol. The highest BCUT2D eigenvalue weighted by Gasteiger charge is 2.70. The van der Waals surface area contributed by atoms with Crippen LogP contribution >= 0.6 is 0 Å². The van der Waals surface area contributed by atoms with Gasteiger partial charge >= 0.3 is 5.97 Å². The number of allylic oxidation sites excluding steroid dienone is 6. The smallest absolute Gasteiger partial charge is 0.315 e. The second-order valence-corrected chi connectivity index (χ2v) is 22.4. The highest BCUT2D eigenvalue weighted by atomic mass is 19.1. The molecule has 1 aromatic carbocycles. The first-order valence-corrected chi connectivity index (χ1v) is 23.5. The fourth-order valence-electron chi connectivity index (χ4n) is 15.9. The monoisotopic (exact) mass is 776 g/mol. The molecule has 0 unspecified atom stereocenters. The SMILES string of the molecule is C=C(C)[C@@H]1CC[C@]2(NCC=C(C3CC3)C3CC3)CC[C@]3(C)[C@H](CC[C@@H]4[C@@]5(C)CC=C(C6=CC[C@](CF)(C(=O)OCc7ccccc7)CC6)C(C)(C)[C@@H]5CC[C@]43C)[C@@H]12. The molecule has 0 radical (unpaired) electrons. The van der Waals surface area contributed by atoms with Crippen molar-refractivity contribution in [3.05, 3.63) is 83.0 Å². The lowest BCUT2D eigenvalue weighted by Crippen LogP contribution is -2.68. The van der Waals surface area contributed by atoms with Crippen LogP contribution in [0, 0.1) is 68.5 Å². The summed E-state index contributed by atoms with van der Waals surface area (Å²) < 4.78 is 20.5. The van der Waals surface area contributed by atoms with Gasteiger partial charge in [0.25, 0.3) is 0 Å². The molecule has 0 bridgehead atoms. The number of rotatable bonds is 11. The molecule has 3 nitrogen and oxygen atoms in total. The molecule has 310 valence electrons. The van der Waals surface area contributed by atoms with E-state index in [1.165, 1.54) is 93.8 Å². The summed E-state index contributed by atoms with van der Waals surface area (Å²) in [5.74, 6) is 4.78. The molecule has 0 heterocycles. The number of esters is 1. The maximum absolute atomic E-state index is 14.8. The number of carbonyl (C=O) groups excluding carboxylic acids is 1. The van der Waals surface area contributed by atoms with Gasteiger partial charge in [-0.05, 0) is 189 Å². The molecule has 0 saturated heterocycles. The Bertz CT molecular complexity index is 1820. The van der Waals surface area contributed by atoms with E-state index in [-0.39, 0.29) is 28.9 Å². The Hall–Kier alpha value is -2.46. The molecule has 8 aliphatic carbocycles. The summed E-state index contributed by atoms with van der Waals surface area (Å²) in [5.41, 5.74) is 7.09. The maximum Gasteiger partial charge on any atom is 0.315 e. The molecule has 9 rings (SSSR count). The third-order valence-corrected chi connectivity index (χ3v) is 19.4. The number of fused-ring (bicyclic) bond motifs is 7. The molecule has 4 heteroatoms. The van der Waals surface area contributed by atoms with Crippen molar-refractivity contribution in [2.45, 2.75) is 156 Å². The minimum Gasteiger partial charge on any atom is -0.460 e. The van der Waals surface area contributed by atoms with Crippen molar-refractivity contribution in [3.63, 3.8) is 0 Å². The second kappa shape index (κ2) is 14.3. The van der Waals surface area contributed by atoms with Gasteiger partial charge in [0, 0.05) is 12.1 Å². The first-order valence-electron chi connectivity index (χ1n) is 23.5. The molecule has 1 aromatic rings. The summed E-state index contributed by atoms with van der Waals surface area (Å²) in [6, 6.07) is 9.74. The van der Waals surface area contributed by atoms with Crippen LogP contribution in [-0.2, 0) is 16.1 Å². The normalized spacial score (nSPS) is 42.0. The number of hydrogen-bond donors (Lipinski definition) is 1. The third-order valence-electron chi connectivity index (χ3n) is 19.4. The van der Waals surface area contributed by atoms with Crippen LogP contribution < -0.4 is 5.32 Å². The van der Waals surface area contributed by atoms with E-state index in [2.05, 4.69) is 71.7 Å². The van der Waals surface area contributed by atoms with Crippen molar-refractivity contribution < 1.29 is 13.9 Å². The van der Waals surface area contributed by atoms with E-state index in [1.54, 1.807) is 0 Å². The van der Waals surface area contributed by atoms with Gasteiger partial charge in [-0.25, -0.2) is 4.39 Å². The first-order chi connectivity index (χ1) is 27.2. The Morgan fingerprint density at radius 1 is 0.842 bits per heavy atom. The van der Waals surface area contributed by atoms with Gasteiger partial charge in [-0.15, -0.1) is 0 Å². The summed E-state index contributed by atoms with van der Waals surface area (Å²) in [7, 11) is 0. The number of nitrogens with one attached hydrogen (secondary N) is 1. The predicted octanol–water partition coefficient (Wildman–Crippen LogP) is 13.1. The van der Waals surface area contributed by atoms with E-state index < -0.39 is 12.1 Å². The summed E-state index contributed by atoms with van der Waals surface area (Å²) >= 11 is 0. The number of hydrogen-bond acceptors (Lipinski definition) is 3. The van der Waals surface area contributed by atoms with Crippen molar-refractivity contribution in [3.8, 4) is 0 Å². The minimum atomic E-state index is -1.07. The first kappa shape index (κ1) is 40.0. The fraction of sp³-hybridized carbons (Fsp3) is 0.717. The summed E-state index contributed by atoms with van der Waals surface area (Å²) in [4.78, 5) is 13.4. The molecule has 10 atom stereocenters. The fourth-order valence-corrected chi connectivity index (χ4v) is 15.9. The molecule has 6 saturated carbocycles. The molecule has 8 aliphatic rings. The highest BCUT2D eigenvalue weighted by molar-refractivity contribution is 5.78. The van der Waals surface area contributed by atoms with Crippen LogP contribution in [0.25, 0.3) is 0 Å². The minimum absolute atomic E-state index is 0.0247. The van der Waals surface area contributed by atoms with Crippen LogP contribution in [0.3, 0.4) is 0 Å². The molecule has 0 spiro atoms. The Morgan fingerprint density at radius 2 is 1.58 bits per heavy atom. The quantitative estimate of drug-likeness (QED) is 0.180. The van der Waals surface area contributed by atoms with Crippen LogP contribution in [0.5, 0.6) is 0 Å². The molecule has 0 aliphatic heterocycles. The van der Waals surface area contributed by atoms with E-state index >= 15 is 0 Å². The average Bonchev–Trinajstić information content (AvgIpc) is 4.15. The Kier molecular flexibility index (Phi) is 10.1. The Labute approximate surface area is 345 Å². The number of alkyl halides is 1. The molecule has 0 amide bonds. The molecule has 0 aromatic heterocycles. The number of halogens is 1. The van der Waals surface area contributed by atoms with Crippen LogP contribution in [0.1, 0.15) is 150 Å². The van der Waals surface area contributed by atoms with Gasteiger partial charge in [0.1, 0.15) is 13.3 Å². The predicted molar refractivity (Wildman–Crippen MR) is 231 cm³/mol. The van der Waals surface area contributed by atoms with Crippen LogP contribution in [-0.4, -0.2) is 24.7 Å². The molecule has 6 fully saturated rings. The lowest BCUT2D eigenvalue weighted by molar-refractivity contribution is -0.221. The summed E-state index contributed by atoms with van der Waals surface area (Å²) in [6.45, 7) is 20.9. The zero-order valence-corrected chi connectivity index (χ0v) is 36.5. The largest absolute Gasteiger partial charge is 0.460 e. The lowest BCUT2D eigenvalue weighted by Gasteiger charge is -2.72. The van der Waals surface area contributed by atoms with E-state index in [9.17, 15) is 9.18 Å². The highest BCUT2D eigenvalue weighted by Crippen LogP contribution is 2.76. The van der Waals surface area contributed by atoms with Gasteiger partial charge in [0.2, 0.25) is 0 Å². The molecular formula is C53H74FNO2. The van der Waals surface area contributed by atoms with Crippen molar-refractivity contribution in [1.29, 1.82) is 0 Å². The Morgan fingerprint density at radius 3 is 2.23 bits per heavy atom. The van der Waals surface area contributed by atoms with E-state index in [1.807, 2.05) is 35.9 Å². The second-order valence-electron chi connectivity index (χ2n) is 22.4. The van der Waals surface area contributed by atoms with E-state index in [0.717, 1.165) is 42.7 Å². The molecule has 57 heavy (non-hydrogen) atoms. The number of benzene rings is 1.